The molecule has 4 aliphatic carbocycles. The van der Waals surface area contributed by atoms with Crippen molar-refractivity contribution in [2.24, 2.45) is 46.3 Å². The van der Waals surface area contributed by atoms with Gasteiger partial charge in [0.25, 0.3) is 0 Å². The van der Waals surface area contributed by atoms with Gasteiger partial charge < -0.3 is 24.1 Å². The number of allylic oxidation sites excluding steroid dienone is 2. The Hall–Kier alpha value is -1.23. The average molecular weight is 600 g/mol. The van der Waals surface area contributed by atoms with Crippen LogP contribution in [0.15, 0.2) is 24.3 Å². The predicted octanol–water partition coefficient (Wildman–Crippen LogP) is 8.21. The van der Waals surface area contributed by atoms with Crippen molar-refractivity contribution < 1.29 is 24.1 Å². The summed E-state index contributed by atoms with van der Waals surface area (Å²) >= 11 is 0. The number of rotatable bonds is 4. The van der Waals surface area contributed by atoms with Crippen LogP contribution in [0, 0.1) is 57.7 Å². The van der Waals surface area contributed by atoms with Gasteiger partial charge in [-0.05, 0) is 99.7 Å². The Balaban J connectivity index is 0.000000181. The summed E-state index contributed by atoms with van der Waals surface area (Å²) in [7, 11) is 0. The SMILES string of the molecule is C=C(C)[C@H]1CC[C@H](CC)[C@]2(CCC3(OCCO3)C2C)C1.C=C(C)[C@H]1CC[C@H](CO)[C@]2(CCC3(OCCO3)C2C)C1.CC#N. The molecule has 0 aromatic heterocycles. The second kappa shape index (κ2) is 14.0. The molecular formula is C37H61NO5. The summed E-state index contributed by atoms with van der Waals surface area (Å²) in [4.78, 5) is 0. The Labute approximate surface area is 262 Å². The quantitative estimate of drug-likeness (QED) is 0.328. The van der Waals surface area contributed by atoms with Crippen LogP contribution in [-0.2, 0) is 18.9 Å². The van der Waals surface area contributed by atoms with Gasteiger partial charge in [-0.2, -0.15) is 5.26 Å². The van der Waals surface area contributed by atoms with E-state index in [0.717, 1.165) is 51.2 Å². The predicted molar refractivity (Wildman–Crippen MR) is 171 cm³/mol. The van der Waals surface area contributed by atoms with Gasteiger partial charge in [-0.1, -0.05) is 51.5 Å². The van der Waals surface area contributed by atoms with E-state index in [0.29, 0.717) is 54.8 Å². The van der Waals surface area contributed by atoms with E-state index in [1.807, 2.05) is 0 Å². The van der Waals surface area contributed by atoms with Crippen molar-refractivity contribution in [2.75, 3.05) is 33.0 Å². The monoisotopic (exact) mass is 599 g/mol. The van der Waals surface area contributed by atoms with E-state index in [2.05, 4.69) is 47.8 Å². The molecule has 2 aliphatic heterocycles. The topological polar surface area (TPSA) is 80.9 Å². The van der Waals surface area contributed by atoms with Crippen molar-refractivity contribution >= 4 is 0 Å². The molecule has 6 nitrogen and oxygen atoms in total. The van der Waals surface area contributed by atoms with Gasteiger partial charge in [0.05, 0.1) is 32.5 Å². The summed E-state index contributed by atoms with van der Waals surface area (Å²) < 4.78 is 24.2. The summed E-state index contributed by atoms with van der Waals surface area (Å²) in [6.07, 6.45) is 13.2. The van der Waals surface area contributed by atoms with Gasteiger partial charge in [0.2, 0.25) is 0 Å². The van der Waals surface area contributed by atoms with Crippen molar-refractivity contribution in [3.8, 4) is 6.07 Å². The molecule has 2 unspecified atom stereocenters. The van der Waals surface area contributed by atoms with Gasteiger partial charge >= 0.3 is 0 Å². The van der Waals surface area contributed by atoms with Crippen LogP contribution in [-0.4, -0.2) is 49.7 Å². The number of aliphatic hydroxyl groups is 1. The first-order valence-electron chi connectivity index (χ1n) is 17.3. The minimum Gasteiger partial charge on any atom is -0.396 e. The highest BCUT2D eigenvalue weighted by Gasteiger charge is 2.63. The minimum atomic E-state index is -0.371. The molecule has 4 spiro atoms. The minimum absolute atomic E-state index is 0.168. The lowest BCUT2D eigenvalue weighted by Gasteiger charge is -2.49. The highest BCUT2D eigenvalue weighted by atomic mass is 16.7. The van der Waals surface area contributed by atoms with Crippen LogP contribution in [0.5, 0.6) is 0 Å². The third kappa shape index (κ3) is 6.28. The average Bonchev–Trinajstić information content (AvgIpc) is 3.79. The molecule has 6 heteroatoms. The van der Waals surface area contributed by atoms with Crippen LogP contribution in [0.1, 0.15) is 112 Å². The summed E-state index contributed by atoms with van der Waals surface area (Å²) in [6.45, 7) is 24.5. The zero-order valence-corrected chi connectivity index (χ0v) is 28.2. The number of nitrogens with zero attached hydrogens (tertiary/aromatic N) is 1. The van der Waals surface area contributed by atoms with E-state index in [1.165, 1.54) is 56.6 Å². The first kappa shape index (κ1) is 34.6. The van der Waals surface area contributed by atoms with E-state index in [4.69, 9.17) is 24.2 Å². The first-order chi connectivity index (χ1) is 20.5. The molecule has 0 radical (unpaired) electrons. The molecule has 0 aromatic rings. The van der Waals surface area contributed by atoms with Crippen molar-refractivity contribution in [3.63, 3.8) is 0 Å². The first-order valence-corrected chi connectivity index (χ1v) is 17.3. The van der Waals surface area contributed by atoms with Gasteiger partial charge in [-0.3, -0.25) is 0 Å². The fourth-order valence-corrected chi connectivity index (χ4v) is 10.5. The smallest absolute Gasteiger partial charge is 0.171 e. The second-order valence-corrected chi connectivity index (χ2v) is 14.8. The zero-order valence-electron chi connectivity index (χ0n) is 28.2. The van der Waals surface area contributed by atoms with Crippen molar-refractivity contribution in [2.45, 2.75) is 124 Å². The fourth-order valence-electron chi connectivity index (χ4n) is 10.5. The van der Waals surface area contributed by atoms with E-state index in [-0.39, 0.29) is 17.0 Å². The van der Waals surface area contributed by atoms with Gasteiger partial charge in [-0.25, -0.2) is 0 Å². The molecule has 6 aliphatic rings. The van der Waals surface area contributed by atoms with Crippen molar-refractivity contribution in [1.82, 2.24) is 0 Å². The van der Waals surface area contributed by atoms with Gasteiger partial charge in [0.15, 0.2) is 11.6 Å². The van der Waals surface area contributed by atoms with Crippen molar-refractivity contribution in [3.05, 3.63) is 24.3 Å². The second-order valence-electron chi connectivity index (χ2n) is 14.8. The summed E-state index contributed by atoms with van der Waals surface area (Å²) in [6, 6.07) is 1.75. The molecule has 2 heterocycles. The highest BCUT2D eigenvalue weighted by Crippen LogP contribution is 2.64. The van der Waals surface area contributed by atoms with Crippen LogP contribution in [0.2, 0.25) is 0 Å². The molecule has 6 rings (SSSR count). The van der Waals surface area contributed by atoms with E-state index in [9.17, 15) is 5.11 Å². The Morgan fingerprint density at radius 2 is 1.12 bits per heavy atom. The maximum Gasteiger partial charge on any atom is 0.171 e. The summed E-state index contributed by atoms with van der Waals surface area (Å²) in [5.74, 6) is 2.77. The zero-order chi connectivity index (χ0) is 31.5. The van der Waals surface area contributed by atoms with Crippen LogP contribution >= 0.6 is 0 Å². The highest BCUT2D eigenvalue weighted by molar-refractivity contribution is 5.12. The Morgan fingerprint density at radius 1 is 0.744 bits per heavy atom. The normalized spacial score (nSPS) is 40.6. The maximum atomic E-state index is 9.89. The molecule has 0 amide bonds. The maximum absolute atomic E-state index is 9.89. The van der Waals surface area contributed by atoms with Crippen LogP contribution in [0.3, 0.4) is 0 Å². The number of hydrogen-bond acceptors (Lipinski definition) is 6. The Morgan fingerprint density at radius 3 is 1.47 bits per heavy atom. The molecule has 43 heavy (non-hydrogen) atoms. The van der Waals surface area contributed by atoms with E-state index >= 15 is 0 Å². The van der Waals surface area contributed by atoms with Crippen molar-refractivity contribution in [1.29, 1.82) is 5.26 Å². The van der Waals surface area contributed by atoms with E-state index < -0.39 is 0 Å². The van der Waals surface area contributed by atoms with E-state index in [1.54, 1.807) is 6.07 Å². The molecular weight excluding hydrogens is 538 g/mol. The van der Waals surface area contributed by atoms with Gasteiger partial charge in [-0.15, -0.1) is 0 Å². The largest absolute Gasteiger partial charge is 0.396 e. The van der Waals surface area contributed by atoms with Crippen LogP contribution in [0.25, 0.3) is 0 Å². The number of aliphatic hydroxyl groups excluding tert-OH is 1. The molecule has 0 bridgehead atoms. The summed E-state index contributed by atoms with van der Waals surface area (Å²) in [5, 5.41) is 17.2. The molecule has 6 fully saturated rings. The van der Waals surface area contributed by atoms with Crippen LogP contribution in [0.4, 0.5) is 0 Å². The van der Waals surface area contributed by atoms with Crippen LogP contribution < -0.4 is 0 Å². The summed E-state index contributed by atoms with van der Waals surface area (Å²) in [5.41, 5.74) is 3.25. The molecule has 244 valence electrons. The third-order valence-corrected chi connectivity index (χ3v) is 13.2. The Bertz CT molecular complexity index is 933. The molecule has 1 N–H and O–H groups in total. The molecule has 2 saturated heterocycles. The lowest BCUT2D eigenvalue weighted by Crippen LogP contribution is -2.47. The third-order valence-electron chi connectivity index (χ3n) is 13.2. The standard InChI is InChI=1S/C18H30O2.C17H28O3.C2H3N/c1-5-16-7-6-15(13(2)3)12-17(16)8-9-18(14(17)4)19-10-11-20-18;1-12(2)14-4-5-15(11-18)16(10-14)6-7-17(13(16)3)19-8-9-20-17;1-2-3/h14-16H,2,5-12H2,1,3-4H3;13-15,18H,1,4-11H2,2-3H3;1H3/t14?,15-,16-,17+;13?,14-,15+,16+;/m00./s1. The van der Waals surface area contributed by atoms with Gasteiger partial charge in [0, 0.05) is 38.2 Å². The molecule has 0 aromatic carbocycles. The molecule has 8 atom stereocenters. The Kier molecular flexibility index (Phi) is 11.3. The number of hydrogen-bond donors (Lipinski definition) is 1. The number of ether oxygens (including phenoxy) is 4. The fraction of sp³-hybridized carbons (Fsp3) is 0.865. The van der Waals surface area contributed by atoms with Gasteiger partial charge in [0.1, 0.15) is 0 Å². The molecule has 4 saturated carbocycles. The lowest BCUT2D eigenvalue weighted by atomic mass is 9.56. The lowest BCUT2D eigenvalue weighted by molar-refractivity contribution is -0.198. The number of nitriles is 1.